The van der Waals surface area contributed by atoms with Crippen LogP contribution in [-0.4, -0.2) is 13.9 Å². The van der Waals surface area contributed by atoms with Gasteiger partial charge in [0, 0.05) is 0 Å². The van der Waals surface area contributed by atoms with E-state index < -0.39 is 13.9 Å². The molecule has 0 amide bonds. The number of halogens is 1. The zero-order valence-corrected chi connectivity index (χ0v) is 11.0. The molecule has 1 unspecified atom stereocenters. The summed E-state index contributed by atoms with van der Waals surface area (Å²) in [5.41, 5.74) is 0. The van der Waals surface area contributed by atoms with E-state index in [-0.39, 0.29) is 5.83 Å². The van der Waals surface area contributed by atoms with E-state index in [4.69, 9.17) is 0 Å². The average molecular weight is 252 g/mol. The van der Waals surface area contributed by atoms with E-state index >= 15 is 0 Å². The van der Waals surface area contributed by atoms with Crippen molar-refractivity contribution in [2.45, 2.75) is 57.6 Å². The Bertz CT molecular complexity index is 163. The van der Waals surface area contributed by atoms with E-state index in [1.54, 1.807) is 0 Å². The first kappa shape index (κ1) is 13.2. The summed E-state index contributed by atoms with van der Waals surface area (Å²) in [6.45, 7) is 6.35. The molecule has 0 nitrogen and oxygen atoms in total. The van der Waals surface area contributed by atoms with Gasteiger partial charge in [0.15, 0.2) is 0 Å². The maximum atomic E-state index is 13.6. The predicted octanol–water partition coefficient (Wildman–Crippen LogP) is 4.49. The van der Waals surface area contributed by atoms with E-state index in [1.165, 1.54) is 9.79 Å². The third-order valence-electron chi connectivity index (χ3n) is 2.10. The van der Waals surface area contributed by atoms with Gasteiger partial charge in [0.2, 0.25) is 0 Å². The molecule has 0 aromatic rings. The minimum atomic E-state index is -0.767. The van der Waals surface area contributed by atoms with Gasteiger partial charge in [-0.1, -0.05) is 0 Å². The molecule has 0 aliphatic rings. The van der Waals surface area contributed by atoms with Crippen LogP contribution in [0, 0.1) is 0 Å². The molecule has 0 saturated heterocycles. The van der Waals surface area contributed by atoms with Gasteiger partial charge in [-0.2, -0.15) is 0 Å². The van der Waals surface area contributed by atoms with E-state index in [2.05, 4.69) is 19.7 Å². The summed E-state index contributed by atoms with van der Waals surface area (Å²) < 4.78 is 14.8. The molecule has 0 saturated carbocycles. The molecule has 0 spiro atoms. The fourth-order valence-corrected chi connectivity index (χ4v) is 4.16. The summed E-state index contributed by atoms with van der Waals surface area (Å²) in [5.74, 6) is 2.46. The molecule has 0 N–H and O–H groups in total. The van der Waals surface area contributed by atoms with Crippen LogP contribution in [0.5, 0.6) is 0 Å². The molecular formula is C11H22FSe+. The standard InChI is InChI=1S/C11H22FSe/c1-5-8-10(12)11(9-6-2)13(4)7-3/h5-9H2,1-4H3/q+1/b11-10+. The number of hydrogen-bond acceptors (Lipinski definition) is 0. The average Bonchev–Trinajstić information content (AvgIpc) is 2.13. The van der Waals surface area contributed by atoms with Crippen molar-refractivity contribution in [3.05, 3.63) is 10.3 Å². The van der Waals surface area contributed by atoms with E-state index in [9.17, 15) is 4.39 Å². The molecular weight excluding hydrogens is 230 g/mol. The molecule has 78 valence electrons. The van der Waals surface area contributed by atoms with Crippen molar-refractivity contribution < 1.29 is 4.39 Å². The molecule has 0 rings (SSSR count). The molecule has 0 aromatic carbocycles. The summed E-state index contributed by atoms with van der Waals surface area (Å²) in [7, 11) is 0. The Morgan fingerprint density at radius 3 is 2.00 bits per heavy atom. The summed E-state index contributed by atoms with van der Waals surface area (Å²) in [6, 6.07) is 0. The van der Waals surface area contributed by atoms with Crippen molar-refractivity contribution in [1.29, 1.82) is 0 Å². The molecule has 2 heteroatoms. The Kier molecular flexibility index (Phi) is 7.69. The predicted molar refractivity (Wildman–Crippen MR) is 60.0 cm³/mol. The first-order valence-electron chi connectivity index (χ1n) is 5.17. The molecule has 13 heavy (non-hydrogen) atoms. The SMILES string of the molecule is CCC/C(F)=C(/CCC)[Se+](C)CC. The van der Waals surface area contributed by atoms with Gasteiger partial charge >= 0.3 is 86.2 Å². The molecule has 0 aliphatic carbocycles. The van der Waals surface area contributed by atoms with Crippen molar-refractivity contribution in [2.75, 3.05) is 0 Å². The van der Waals surface area contributed by atoms with Gasteiger partial charge in [0.1, 0.15) is 0 Å². The van der Waals surface area contributed by atoms with Gasteiger partial charge in [-0.3, -0.25) is 0 Å². The molecule has 0 aliphatic heterocycles. The van der Waals surface area contributed by atoms with Crippen LogP contribution in [-0.2, 0) is 0 Å². The Morgan fingerprint density at radius 1 is 1.08 bits per heavy atom. The van der Waals surface area contributed by atoms with Gasteiger partial charge in [-0.05, 0) is 0 Å². The Hall–Kier alpha value is 0.189. The van der Waals surface area contributed by atoms with Crippen molar-refractivity contribution in [1.82, 2.24) is 0 Å². The minimum absolute atomic E-state index is 0.207. The van der Waals surface area contributed by atoms with Gasteiger partial charge in [0.25, 0.3) is 0 Å². The second-order valence-electron chi connectivity index (χ2n) is 3.25. The van der Waals surface area contributed by atoms with Gasteiger partial charge in [-0.25, -0.2) is 0 Å². The van der Waals surface area contributed by atoms with Gasteiger partial charge < -0.3 is 0 Å². The van der Waals surface area contributed by atoms with Crippen LogP contribution in [0.4, 0.5) is 4.39 Å². The number of allylic oxidation sites excluding steroid dienone is 2. The Morgan fingerprint density at radius 2 is 1.62 bits per heavy atom. The van der Waals surface area contributed by atoms with Gasteiger partial charge in [0.05, 0.1) is 0 Å². The first-order chi connectivity index (χ1) is 6.17. The van der Waals surface area contributed by atoms with Crippen LogP contribution in [0.3, 0.4) is 0 Å². The summed E-state index contributed by atoms with van der Waals surface area (Å²) in [6.07, 6.45) is 3.66. The van der Waals surface area contributed by atoms with Crippen LogP contribution < -0.4 is 0 Å². The fourth-order valence-electron chi connectivity index (χ4n) is 1.26. The normalized spacial score (nSPS) is 15.5. The molecule has 1 atom stereocenters. The van der Waals surface area contributed by atoms with E-state index in [1.807, 2.05) is 6.92 Å². The van der Waals surface area contributed by atoms with Crippen LogP contribution in [0.15, 0.2) is 10.3 Å². The van der Waals surface area contributed by atoms with Crippen molar-refractivity contribution >= 4 is 13.9 Å². The quantitative estimate of drug-likeness (QED) is 0.611. The third-order valence-corrected chi connectivity index (χ3v) is 6.58. The zero-order chi connectivity index (χ0) is 10.3. The number of rotatable bonds is 6. The molecule has 0 aromatic heterocycles. The summed E-state index contributed by atoms with van der Waals surface area (Å²) >= 11 is -0.767. The summed E-state index contributed by atoms with van der Waals surface area (Å²) in [4.78, 5) is 0. The van der Waals surface area contributed by atoms with Crippen LogP contribution in [0.1, 0.15) is 46.5 Å². The van der Waals surface area contributed by atoms with Crippen LogP contribution in [0.25, 0.3) is 0 Å². The molecule has 0 radical (unpaired) electrons. The monoisotopic (exact) mass is 253 g/mol. The van der Waals surface area contributed by atoms with E-state index in [0.717, 1.165) is 19.3 Å². The van der Waals surface area contributed by atoms with Crippen LogP contribution in [0.2, 0.25) is 11.1 Å². The molecule has 0 bridgehead atoms. The second-order valence-corrected chi connectivity index (χ2v) is 8.17. The fraction of sp³-hybridized carbons (Fsp3) is 0.818. The molecule has 0 heterocycles. The molecule has 0 fully saturated rings. The number of hydrogen-bond donors (Lipinski definition) is 0. The summed E-state index contributed by atoms with van der Waals surface area (Å²) in [5, 5.41) is 1.17. The first-order valence-corrected chi connectivity index (χ1v) is 8.95. The Balaban J connectivity index is 4.44. The van der Waals surface area contributed by atoms with Crippen molar-refractivity contribution in [3.8, 4) is 0 Å². The Labute approximate surface area is 86.5 Å². The van der Waals surface area contributed by atoms with Crippen molar-refractivity contribution in [2.24, 2.45) is 0 Å². The van der Waals surface area contributed by atoms with Crippen LogP contribution >= 0.6 is 0 Å². The topological polar surface area (TPSA) is 0 Å². The van der Waals surface area contributed by atoms with E-state index in [0.29, 0.717) is 6.42 Å². The van der Waals surface area contributed by atoms with Gasteiger partial charge in [-0.15, -0.1) is 0 Å². The van der Waals surface area contributed by atoms with Crippen molar-refractivity contribution in [3.63, 3.8) is 0 Å². The maximum absolute atomic E-state index is 13.6. The second kappa shape index (κ2) is 7.58. The zero-order valence-electron chi connectivity index (χ0n) is 9.32. The third kappa shape index (κ3) is 4.83.